The van der Waals surface area contributed by atoms with Gasteiger partial charge in [0, 0.05) is 6.42 Å². The maximum atomic E-state index is 11.4. The minimum absolute atomic E-state index is 0.0729. The van der Waals surface area contributed by atoms with Crippen LogP contribution in [0.4, 0.5) is 8.78 Å². The zero-order valence-electron chi connectivity index (χ0n) is 3.63. The van der Waals surface area contributed by atoms with E-state index in [1.54, 1.807) is 0 Å². The number of nitrogens with two attached hydrogens (primary N) is 1. The molecule has 0 saturated carbocycles. The van der Waals surface area contributed by atoms with Gasteiger partial charge in [0.05, 0.1) is 0 Å². The van der Waals surface area contributed by atoms with Crippen molar-refractivity contribution in [2.24, 2.45) is 5.73 Å². The highest BCUT2D eigenvalue weighted by Gasteiger charge is 2.22. The molecular weight excluding hydrogens is 123 g/mol. The van der Waals surface area contributed by atoms with Gasteiger partial charge < -0.3 is 5.73 Å². The Morgan fingerprint density at radius 3 is 2.00 bits per heavy atom. The van der Waals surface area contributed by atoms with Gasteiger partial charge in [-0.2, -0.15) is 8.78 Å². The highest BCUT2D eigenvalue weighted by molar-refractivity contribution is 6.21. The Labute approximate surface area is 45.4 Å². The topological polar surface area (TPSA) is 26.0 Å². The van der Waals surface area contributed by atoms with E-state index in [2.05, 4.69) is 11.6 Å². The predicted molar refractivity (Wildman–Crippen MR) is 24.5 cm³/mol. The van der Waals surface area contributed by atoms with Crippen molar-refractivity contribution in [2.45, 2.75) is 11.8 Å². The molecule has 0 aromatic carbocycles. The SMILES string of the molecule is NCCC(F)(F)Cl. The Hall–Kier alpha value is 0.110. The summed E-state index contributed by atoms with van der Waals surface area (Å²) >= 11 is 4.42. The van der Waals surface area contributed by atoms with Crippen LogP contribution in [0.15, 0.2) is 0 Å². The zero-order valence-corrected chi connectivity index (χ0v) is 4.38. The molecule has 1 nitrogen and oxygen atoms in total. The van der Waals surface area contributed by atoms with Crippen molar-refractivity contribution in [1.29, 1.82) is 0 Å². The van der Waals surface area contributed by atoms with Crippen molar-refractivity contribution < 1.29 is 8.78 Å². The van der Waals surface area contributed by atoms with Crippen LogP contribution in [0.25, 0.3) is 0 Å². The van der Waals surface area contributed by atoms with Crippen LogP contribution in [0.5, 0.6) is 0 Å². The lowest BCUT2D eigenvalue weighted by Gasteiger charge is -2.02. The molecule has 0 amide bonds. The van der Waals surface area contributed by atoms with Gasteiger partial charge in [0.1, 0.15) is 0 Å². The van der Waals surface area contributed by atoms with E-state index in [1.807, 2.05) is 0 Å². The maximum absolute atomic E-state index is 11.4. The van der Waals surface area contributed by atoms with Gasteiger partial charge in [-0.15, -0.1) is 0 Å². The first-order chi connectivity index (χ1) is 3.06. The first-order valence-corrected chi connectivity index (χ1v) is 2.21. The first kappa shape index (κ1) is 7.11. The van der Waals surface area contributed by atoms with E-state index in [-0.39, 0.29) is 6.54 Å². The van der Waals surface area contributed by atoms with E-state index >= 15 is 0 Å². The van der Waals surface area contributed by atoms with Crippen LogP contribution in [0, 0.1) is 0 Å². The fourth-order valence-electron chi connectivity index (χ4n) is 0.164. The van der Waals surface area contributed by atoms with Crippen LogP contribution < -0.4 is 5.73 Å². The summed E-state index contributed by atoms with van der Waals surface area (Å²) in [4.78, 5) is 0. The van der Waals surface area contributed by atoms with Crippen molar-refractivity contribution in [2.75, 3.05) is 6.54 Å². The summed E-state index contributed by atoms with van der Waals surface area (Å²) in [5.74, 6) is 0. The minimum atomic E-state index is -3.10. The summed E-state index contributed by atoms with van der Waals surface area (Å²) in [7, 11) is 0. The van der Waals surface area contributed by atoms with Crippen LogP contribution in [-0.4, -0.2) is 11.9 Å². The van der Waals surface area contributed by atoms with Gasteiger partial charge >= 0.3 is 5.38 Å². The molecule has 0 aliphatic rings. The second-order valence-electron chi connectivity index (χ2n) is 1.15. The molecule has 0 saturated heterocycles. The normalized spacial score (nSPS) is 12.0. The third-order valence-corrected chi connectivity index (χ3v) is 0.617. The molecule has 0 radical (unpaired) electrons. The second kappa shape index (κ2) is 2.43. The second-order valence-corrected chi connectivity index (χ2v) is 1.71. The molecule has 0 aromatic heterocycles. The molecule has 0 rings (SSSR count). The quantitative estimate of drug-likeness (QED) is 0.557. The van der Waals surface area contributed by atoms with Crippen LogP contribution in [0.2, 0.25) is 0 Å². The molecule has 0 unspecified atom stereocenters. The third kappa shape index (κ3) is 6.11. The van der Waals surface area contributed by atoms with Crippen molar-refractivity contribution >= 4 is 11.6 Å². The van der Waals surface area contributed by atoms with E-state index in [1.165, 1.54) is 0 Å². The van der Waals surface area contributed by atoms with E-state index in [9.17, 15) is 8.78 Å². The molecule has 0 atom stereocenters. The summed E-state index contributed by atoms with van der Waals surface area (Å²) in [5, 5.41) is -3.10. The molecule has 44 valence electrons. The maximum Gasteiger partial charge on any atom is 0.322 e. The predicted octanol–water partition coefficient (Wildman–Crippen LogP) is 1.17. The third-order valence-electron chi connectivity index (χ3n) is 0.428. The molecule has 0 aliphatic carbocycles. The molecule has 2 N–H and O–H groups in total. The van der Waals surface area contributed by atoms with E-state index in [0.717, 1.165) is 0 Å². The first-order valence-electron chi connectivity index (χ1n) is 1.83. The average molecular weight is 130 g/mol. The van der Waals surface area contributed by atoms with Crippen molar-refractivity contribution in [3.8, 4) is 0 Å². The molecule has 0 aromatic rings. The van der Waals surface area contributed by atoms with Crippen molar-refractivity contribution in [3.63, 3.8) is 0 Å². The molecule has 0 spiro atoms. The van der Waals surface area contributed by atoms with Crippen molar-refractivity contribution in [1.82, 2.24) is 0 Å². The van der Waals surface area contributed by atoms with Gasteiger partial charge in [-0.1, -0.05) is 0 Å². The smallest absolute Gasteiger partial charge is 0.322 e. The summed E-state index contributed by atoms with van der Waals surface area (Å²) in [6, 6.07) is 0. The Balaban J connectivity index is 3.15. The molecular formula is C3H6ClF2N. The van der Waals surface area contributed by atoms with Crippen molar-refractivity contribution in [3.05, 3.63) is 0 Å². The fourth-order valence-corrected chi connectivity index (χ4v) is 0.273. The Morgan fingerprint density at radius 1 is 1.57 bits per heavy atom. The van der Waals surface area contributed by atoms with Crippen LogP contribution >= 0.6 is 11.6 Å². The van der Waals surface area contributed by atoms with E-state index in [0.29, 0.717) is 0 Å². The van der Waals surface area contributed by atoms with Gasteiger partial charge in [0.2, 0.25) is 0 Å². The lowest BCUT2D eigenvalue weighted by Crippen LogP contribution is -2.12. The number of rotatable bonds is 2. The monoisotopic (exact) mass is 129 g/mol. The molecule has 0 bridgehead atoms. The molecule has 4 heteroatoms. The molecule has 0 fully saturated rings. The number of hydrogen-bond acceptors (Lipinski definition) is 1. The molecule has 0 heterocycles. The minimum Gasteiger partial charge on any atom is -0.330 e. The summed E-state index contributed by atoms with van der Waals surface area (Å²) in [6.45, 7) is -0.0729. The Bertz CT molecular complexity index is 51.4. The van der Waals surface area contributed by atoms with Crippen LogP contribution in [0.1, 0.15) is 6.42 Å². The van der Waals surface area contributed by atoms with Gasteiger partial charge in [-0.05, 0) is 18.1 Å². The van der Waals surface area contributed by atoms with Gasteiger partial charge in [-0.3, -0.25) is 0 Å². The highest BCUT2D eigenvalue weighted by atomic mass is 35.5. The largest absolute Gasteiger partial charge is 0.330 e. The average Bonchev–Trinajstić information content (AvgIpc) is 1.30. The van der Waals surface area contributed by atoms with Crippen LogP contribution in [-0.2, 0) is 0 Å². The summed E-state index contributed by atoms with van der Waals surface area (Å²) in [6.07, 6.45) is -0.450. The molecule has 0 aliphatic heterocycles. The highest BCUT2D eigenvalue weighted by Crippen LogP contribution is 2.21. The summed E-state index contributed by atoms with van der Waals surface area (Å²) < 4.78 is 22.8. The molecule has 7 heavy (non-hydrogen) atoms. The Morgan fingerprint density at radius 2 is 2.00 bits per heavy atom. The lowest BCUT2D eigenvalue weighted by atomic mass is 10.5. The zero-order chi connectivity index (χ0) is 5.91. The standard InChI is InChI=1S/C3H6ClF2N/c4-3(5,6)1-2-7/h1-2,7H2. The van der Waals surface area contributed by atoms with E-state index in [4.69, 9.17) is 5.73 Å². The van der Waals surface area contributed by atoms with Gasteiger partial charge in [0.15, 0.2) is 0 Å². The fraction of sp³-hybridized carbons (Fsp3) is 1.00. The lowest BCUT2D eigenvalue weighted by molar-refractivity contribution is 0.0891. The number of hydrogen-bond donors (Lipinski definition) is 1. The number of alkyl halides is 3. The van der Waals surface area contributed by atoms with Gasteiger partial charge in [0.25, 0.3) is 0 Å². The Kier molecular flexibility index (Phi) is 2.46. The number of halogens is 3. The summed E-state index contributed by atoms with van der Waals surface area (Å²) in [5.41, 5.74) is 4.75. The van der Waals surface area contributed by atoms with Gasteiger partial charge in [-0.25, -0.2) is 0 Å². The van der Waals surface area contributed by atoms with Crippen LogP contribution in [0.3, 0.4) is 0 Å². The van der Waals surface area contributed by atoms with E-state index < -0.39 is 11.8 Å².